The van der Waals surface area contributed by atoms with Crippen LogP contribution in [0.1, 0.15) is 25.8 Å². The first kappa shape index (κ1) is 17.2. The van der Waals surface area contributed by atoms with Gasteiger partial charge in [-0.25, -0.2) is 13.8 Å². The third kappa shape index (κ3) is 2.77. The molecule has 4 rings (SSSR count). The van der Waals surface area contributed by atoms with Gasteiger partial charge in [0.05, 0.1) is 4.90 Å². The molecule has 1 saturated heterocycles. The Hall–Kier alpha value is -2.13. The number of carboxylic acids is 1. The van der Waals surface area contributed by atoms with Crippen molar-refractivity contribution in [2.45, 2.75) is 37.5 Å². The molecule has 0 saturated carbocycles. The molecule has 1 aromatic carbocycles. The Morgan fingerprint density at radius 1 is 1.26 bits per heavy atom. The summed E-state index contributed by atoms with van der Waals surface area (Å²) >= 11 is 0. The summed E-state index contributed by atoms with van der Waals surface area (Å²) in [6, 6.07) is 5.54. The average Bonchev–Trinajstić information content (AvgIpc) is 2.88. The zero-order valence-electron chi connectivity index (χ0n) is 11.4. The molecule has 1 amide bonds. The summed E-state index contributed by atoms with van der Waals surface area (Å²) in [7, 11) is -4.33. The number of ether oxygens (including phenoxy) is 1. The maximum absolute atomic E-state index is 12.3. The molecular formula is C14H17NO7S. The van der Waals surface area contributed by atoms with E-state index in [1.54, 1.807) is 0 Å². The molecule has 1 N–H and O–H groups in total. The van der Waals surface area contributed by atoms with Crippen LogP contribution in [-0.2, 0) is 30.4 Å². The number of hydrogen-bond donors (Lipinski definition) is 1. The SMILES string of the molecule is C.O=C1OCc2ccc(cc2)S(=O)(=O)O[C@]2(C(=O)O)CCCN12. The van der Waals surface area contributed by atoms with Crippen molar-refractivity contribution in [3.05, 3.63) is 29.8 Å². The van der Waals surface area contributed by atoms with Gasteiger partial charge in [0.1, 0.15) is 6.61 Å². The van der Waals surface area contributed by atoms with Gasteiger partial charge >= 0.3 is 12.1 Å². The van der Waals surface area contributed by atoms with Gasteiger partial charge in [-0.1, -0.05) is 19.6 Å². The van der Waals surface area contributed by atoms with Crippen LogP contribution in [0.5, 0.6) is 0 Å². The highest BCUT2D eigenvalue weighted by Gasteiger charge is 2.55. The second-order valence-electron chi connectivity index (χ2n) is 5.08. The van der Waals surface area contributed by atoms with E-state index in [9.17, 15) is 23.1 Å². The summed E-state index contributed by atoms with van der Waals surface area (Å²) in [4.78, 5) is 24.4. The van der Waals surface area contributed by atoms with Crippen molar-refractivity contribution in [2.24, 2.45) is 0 Å². The molecular weight excluding hydrogens is 326 g/mol. The highest BCUT2D eigenvalue weighted by molar-refractivity contribution is 7.86. The van der Waals surface area contributed by atoms with Crippen molar-refractivity contribution in [2.75, 3.05) is 6.54 Å². The minimum absolute atomic E-state index is 0. The molecule has 0 aliphatic carbocycles. The lowest BCUT2D eigenvalue weighted by Crippen LogP contribution is -2.56. The fourth-order valence-electron chi connectivity index (χ4n) is 2.58. The summed E-state index contributed by atoms with van der Waals surface area (Å²) < 4.78 is 34.7. The van der Waals surface area contributed by atoms with Crippen molar-refractivity contribution in [1.82, 2.24) is 4.90 Å². The van der Waals surface area contributed by atoms with E-state index in [0.29, 0.717) is 12.0 Å². The summed E-state index contributed by atoms with van der Waals surface area (Å²) in [6.45, 7) is -0.0302. The van der Waals surface area contributed by atoms with Gasteiger partial charge < -0.3 is 9.84 Å². The monoisotopic (exact) mass is 343 g/mol. The van der Waals surface area contributed by atoms with E-state index >= 15 is 0 Å². The smallest absolute Gasteiger partial charge is 0.412 e. The van der Waals surface area contributed by atoms with Gasteiger partial charge in [-0.15, -0.1) is 0 Å². The van der Waals surface area contributed by atoms with Crippen molar-refractivity contribution in [3.8, 4) is 0 Å². The molecule has 8 nitrogen and oxygen atoms in total. The van der Waals surface area contributed by atoms with Gasteiger partial charge in [-0.3, -0.25) is 4.90 Å². The van der Waals surface area contributed by atoms with Gasteiger partial charge in [0.15, 0.2) is 0 Å². The fraction of sp³-hybridized carbons (Fsp3) is 0.429. The van der Waals surface area contributed by atoms with E-state index in [-0.39, 0.29) is 31.9 Å². The van der Waals surface area contributed by atoms with Crippen molar-refractivity contribution in [1.29, 1.82) is 0 Å². The van der Waals surface area contributed by atoms with Gasteiger partial charge in [0.25, 0.3) is 15.8 Å². The molecule has 3 aliphatic heterocycles. The van der Waals surface area contributed by atoms with E-state index in [2.05, 4.69) is 0 Å². The second kappa shape index (κ2) is 5.82. The number of nitrogens with zero attached hydrogens (tertiary/aromatic N) is 1. The molecule has 1 aromatic rings. The third-order valence-electron chi connectivity index (χ3n) is 3.71. The molecule has 126 valence electrons. The van der Waals surface area contributed by atoms with E-state index < -0.39 is 27.9 Å². The highest BCUT2D eigenvalue weighted by atomic mass is 32.2. The lowest BCUT2D eigenvalue weighted by atomic mass is 10.1. The summed E-state index contributed by atoms with van der Waals surface area (Å²) in [6.07, 6.45) is -0.748. The van der Waals surface area contributed by atoms with Crippen LogP contribution < -0.4 is 0 Å². The number of fused-ring (bicyclic) bond motifs is 5. The molecule has 3 aliphatic rings. The zero-order valence-corrected chi connectivity index (χ0v) is 12.2. The van der Waals surface area contributed by atoms with Gasteiger partial charge in [-0.05, 0) is 24.1 Å². The van der Waals surface area contributed by atoms with Crippen LogP contribution in [0, 0.1) is 0 Å². The fourth-order valence-corrected chi connectivity index (χ4v) is 3.75. The number of rotatable bonds is 1. The first-order valence-electron chi connectivity index (χ1n) is 6.57. The van der Waals surface area contributed by atoms with Crippen LogP contribution in [0.2, 0.25) is 0 Å². The topological polar surface area (TPSA) is 110 Å². The van der Waals surface area contributed by atoms with Crippen LogP contribution in [0.4, 0.5) is 4.79 Å². The number of aliphatic carboxylic acids is 1. The number of carboxylic acid groups (broad SMARTS) is 1. The van der Waals surface area contributed by atoms with Gasteiger partial charge in [-0.2, -0.15) is 8.42 Å². The Labute approximate surface area is 133 Å². The molecule has 23 heavy (non-hydrogen) atoms. The summed E-state index contributed by atoms with van der Waals surface area (Å²) in [5, 5.41) is 9.48. The number of benzene rings is 1. The van der Waals surface area contributed by atoms with E-state index in [1.165, 1.54) is 24.3 Å². The standard InChI is InChI=1S/C13H13NO7S.CH4/c15-11(16)13-6-1-7-14(13)12(17)20-8-9-2-4-10(5-3-9)22(18,19)21-13;/h2-5H,1,6-8H2,(H,15,16);1H4/t13-;/m0./s1. The molecule has 0 aromatic heterocycles. The van der Waals surface area contributed by atoms with Crippen LogP contribution in [0.15, 0.2) is 29.2 Å². The minimum atomic E-state index is -4.33. The predicted octanol–water partition coefficient (Wildman–Crippen LogP) is 1.55. The number of carbonyl (C=O) groups is 2. The van der Waals surface area contributed by atoms with E-state index in [0.717, 1.165) is 4.90 Å². The molecule has 9 heteroatoms. The third-order valence-corrected chi connectivity index (χ3v) is 5.05. The lowest BCUT2D eigenvalue weighted by molar-refractivity contribution is -0.167. The molecule has 0 unspecified atom stereocenters. The number of amides is 1. The first-order valence-corrected chi connectivity index (χ1v) is 7.98. The van der Waals surface area contributed by atoms with E-state index in [1.807, 2.05) is 0 Å². The maximum atomic E-state index is 12.3. The van der Waals surface area contributed by atoms with E-state index in [4.69, 9.17) is 8.92 Å². The average molecular weight is 343 g/mol. The molecule has 1 atom stereocenters. The summed E-state index contributed by atoms with van der Waals surface area (Å²) in [5.41, 5.74) is -1.67. The van der Waals surface area contributed by atoms with Crippen LogP contribution in [0.3, 0.4) is 0 Å². The molecule has 2 bridgehead atoms. The Bertz CT molecular complexity index is 728. The first-order chi connectivity index (χ1) is 10.3. The maximum Gasteiger partial charge on any atom is 0.412 e. The Morgan fingerprint density at radius 3 is 2.52 bits per heavy atom. The normalized spacial score (nSPS) is 25.7. The van der Waals surface area contributed by atoms with Crippen molar-refractivity contribution < 1.29 is 32.0 Å². The number of hydrogen-bond acceptors (Lipinski definition) is 6. The predicted molar refractivity (Wildman–Crippen MR) is 77.9 cm³/mol. The Kier molecular flexibility index (Phi) is 4.36. The largest absolute Gasteiger partial charge is 0.478 e. The molecule has 0 spiro atoms. The quantitative estimate of drug-likeness (QED) is 0.770. The minimum Gasteiger partial charge on any atom is -0.478 e. The number of carbonyl (C=O) groups excluding carboxylic acids is 1. The van der Waals surface area contributed by atoms with Gasteiger partial charge in [0, 0.05) is 13.0 Å². The van der Waals surface area contributed by atoms with Crippen LogP contribution in [-0.4, -0.2) is 42.8 Å². The van der Waals surface area contributed by atoms with Crippen molar-refractivity contribution >= 4 is 22.2 Å². The van der Waals surface area contributed by atoms with Crippen LogP contribution in [0.25, 0.3) is 0 Å². The highest BCUT2D eigenvalue weighted by Crippen LogP contribution is 2.35. The second-order valence-corrected chi connectivity index (χ2v) is 6.63. The van der Waals surface area contributed by atoms with Crippen molar-refractivity contribution in [3.63, 3.8) is 0 Å². The molecule has 3 heterocycles. The van der Waals surface area contributed by atoms with Gasteiger partial charge in [0.2, 0.25) is 0 Å². The Morgan fingerprint density at radius 2 is 1.91 bits per heavy atom. The molecule has 1 fully saturated rings. The Balaban J connectivity index is 0.00000192. The lowest BCUT2D eigenvalue weighted by Gasteiger charge is -2.32. The zero-order chi connectivity index (χ0) is 16.0. The molecule has 0 radical (unpaired) electrons. The van der Waals surface area contributed by atoms with Crippen LogP contribution >= 0.6 is 0 Å². The summed E-state index contributed by atoms with van der Waals surface area (Å²) in [5.74, 6) is -1.54.